The van der Waals surface area contributed by atoms with Crippen LogP contribution in [0.15, 0.2) is 42.7 Å². The third-order valence-electron chi connectivity index (χ3n) is 2.20. The first-order valence-electron chi connectivity index (χ1n) is 5.17. The topological polar surface area (TPSA) is 56.0 Å². The minimum Gasteiger partial charge on any atom is -0.366 e. The number of aromatic nitrogens is 1. The van der Waals surface area contributed by atoms with Crippen LogP contribution in [0.4, 0.5) is 0 Å². The highest BCUT2D eigenvalue weighted by Crippen LogP contribution is 2.09. The van der Waals surface area contributed by atoms with Gasteiger partial charge in [0.05, 0.1) is 5.56 Å². The lowest BCUT2D eigenvalue weighted by atomic mass is 10.2. The molecule has 0 radical (unpaired) electrons. The zero-order valence-corrected chi connectivity index (χ0v) is 10.1. The Bertz CT molecular complexity index is 656. The maximum absolute atomic E-state index is 11.0. The molecule has 2 rings (SSSR count). The summed E-state index contributed by atoms with van der Waals surface area (Å²) in [4.78, 5) is 14.9. The summed E-state index contributed by atoms with van der Waals surface area (Å²) in [5.74, 6) is 5.33. The number of amides is 1. The van der Waals surface area contributed by atoms with E-state index < -0.39 is 5.91 Å². The Morgan fingerprint density at radius 2 is 1.94 bits per heavy atom. The molecule has 1 aromatic heterocycles. The van der Waals surface area contributed by atoms with Gasteiger partial charge >= 0.3 is 0 Å². The SMILES string of the molecule is NC(=O)c1cncc(C#Cc2cccc(Cl)c2)c1. The van der Waals surface area contributed by atoms with Crippen LogP contribution in [0.3, 0.4) is 0 Å². The first kappa shape index (κ1) is 12.2. The molecule has 2 aromatic rings. The summed E-state index contributed by atoms with van der Waals surface area (Å²) < 4.78 is 0. The van der Waals surface area contributed by atoms with E-state index in [9.17, 15) is 4.79 Å². The number of nitrogens with two attached hydrogens (primary N) is 1. The standard InChI is InChI=1S/C14H9ClN2O/c15-13-3-1-2-10(7-13)4-5-11-6-12(14(16)18)9-17-8-11/h1-3,6-9H,(H2,16,18). The summed E-state index contributed by atoms with van der Waals surface area (Å²) in [5, 5.41) is 0.630. The Hall–Kier alpha value is -2.31. The molecule has 0 aliphatic carbocycles. The van der Waals surface area contributed by atoms with E-state index in [1.807, 2.05) is 12.1 Å². The smallest absolute Gasteiger partial charge is 0.250 e. The minimum atomic E-state index is -0.520. The van der Waals surface area contributed by atoms with Gasteiger partial charge in [-0.1, -0.05) is 29.5 Å². The molecule has 4 heteroatoms. The van der Waals surface area contributed by atoms with Gasteiger partial charge in [0.25, 0.3) is 0 Å². The Labute approximate surface area is 110 Å². The van der Waals surface area contributed by atoms with Crippen LogP contribution in [-0.4, -0.2) is 10.9 Å². The van der Waals surface area contributed by atoms with E-state index >= 15 is 0 Å². The highest BCUT2D eigenvalue weighted by Gasteiger charge is 2.00. The van der Waals surface area contributed by atoms with E-state index in [1.165, 1.54) is 6.20 Å². The molecule has 0 bridgehead atoms. The zero-order chi connectivity index (χ0) is 13.0. The number of nitrogens with zero attached hydrogens (tertiary/aromatic N) is 1. The molecule has 1 heterocycles. The van der Waals surface area contributed by atoms with Gasteiger partial charge in [0.2, 0.25) is 5.91 Å². The minimum absolute atomic E-state index is 0.341. The number of hydrogen-bond acceptors (Lipinski definition) is 2. The van der Waals surface area contributed by atoms with Crippen LogP contribution in [0.2, 0.25) is 5.02 Å². The van der Waals surface area contributed by atoms with Crippen molar-refractivity contribution in [3.05, 3.63) is 64.4 Å². The van der Waals surface area contributed by atoms with E-state index in [1.54, 1.807) is 24.4 Å². The van der Waals surface area contributed by atoms with E-state index in [0.29, 0.717) is 16.1 Å². The van der Waals surface area contributed by atoms with Crippen LogP contribution in [-0.2, 0) is 0 Å². The molecule has 0 aliphatic rings. The lowest BCUT2D eigenvalue weighted by molar-refractivity contribution is 0.1000. The molecule has 2 N–H and O–H groups in total. The largest absolute Gasteiger partial charge is 0.366 e. The van der Waals surface area contributed by atoms with Gasteiger partial charge in [0.15, 0.2) is 0 Å². The molecule has 1 aromatic carbocycles. The molecule has 1 amide bonds. The first-order chi connectivity index (χ1) is 8.65. The Kier molecular flexibility index (Phi) is 3.61. The molecular weight excluding hydrogens is 248 g/mol. The Balaban J connectivity index is 2.30. The number of primary amides is 1. The van der Waals surface area contributed by atoms with E-state index in [0.717, 1.165) is 5.56 Å². The average molecular weight is 257 g/mol. The molecular formula is C14H9ClN2O. The van der Waals surface area contributed by atoms with Gasteiger partial charge in [-0.2, -0.15) is 0 Å². The van der Waals surface area contributed by atoms with Gasteiger partial charge in [0.1, 0.15) is 0 Å². The number of rotatable bonds is 1. The highest BCUT2D eigenvalue weighted by molar-refractivity contribution is 6.30. The van der Waals surface area contributed by atoms with Gasteiger partial charge in [-0.15, -0.1) is 0 Å². The van der Waals surface area contributed by atoms with E-state index in [-0.39, 0.29) is 0 Å². The van der Waals surface area contributed by atoms with Gasteiger partial charge in [-0.05, 0) is 24.3 Å². The lowest BCUT2D eigenvalue weighted by Gasteiger charge is -1.95. The number of hydrogen-bond donors (Lipinski definition) is 1. The predicted octanol–water partition coefficient (Wildman–Crippen LogP) is 2.23. The van der Waals surface area contributed by atoms with E-state index in [4.69, 9.17) is 17.3 Å². The van der Waals surface area contributed by atoms with Crippen molar-refractivity contribution in [1.82, 2.24) is 4.98 Å². The Morgan fingerprint density at radius 3 is 2.67 bits per heavy atom. The van der Waals surface area contributed by atoms with Gasteiger partial charge in [-0.25, -0.2) is 0 Å². The fourth-order valence-corrected chi connectivity index (χ4v) is 1.54. The molecule has 88 valence electrons. The van der Waals surface area contributed by atoms with Crippen molar-refractivity contribution in [1.29, 1.82) is 0 Å². The zero-order valence-electron chi connectivity index (χ0n) is 9.35. The second-order valence-electron chi connectivity index (χ2n) is 3.59. The summed E-state index contributed by atoms with van der Waals surface area (Å²) in [5.41, 5.74) is 6.93. The van der Waals surface area contributed by atoms with Gasteiger partial charge in [-0.3, -0.25) is 9.78 Å². The second kappa shape index (κ2) is 5.35. The maximum Gasteiger partial charge on any atom is 0.250 e. The molecule has 0 unspecified atom stereocenters. The van der Waals surface area contributed by atoms with Crippen molar-refractivity contribution < 1.29 is 4.79 Å². The monoisotopic (exact) mass is 256 g/mol. The number of carbonyl (C=O) groups excluding carboxylic acids is 1. The highest BCUT2D eigenvalue weighted by atomic mass is 35.5. The second-order valence-corrected chi connectivity index (χ2v) is 4.02. The lowest BCUT2D eigenvalue weighted by Crippen LogP contribution is -2.11. The fraction of sp³-hybridized carbons (Fsp3) is 0. The normalized spacial score (nSPS) is 9.39. The predicted molar refractivity (Wildman–Crippen MR) is 70.2 cm³/mol. The fourth-order valence-electron chi connectivity index (χ4n) is 1.35. The molecule has 0 aliphatic heterocycles. The van der Waals surface area contributed by atoms with Crippen molar-refractivity contribution in [2.75, 3.05) is 0 Å². The molecule has 0 spiro atoms. The average Bonchev–Trinajstić information content (AvgIpc) is 2.37. The maximum atomic E-state index is 11.0. The third kappa shape index (κ3) is 3.09. The van der Waals surface area contributed by atoms with Crippen molar-refractivity contribution in [3.8, 4) is 11.8 Å². The van der Waals surface area contributed by atoms with Gasteiger partial charge in [0, 0.05) is 28.5 Å². The first-order valence-corrected chi connectivity index (χ1v) is 5.55. The summed E-state index contributed by atoms with van der Waals surface area (Å²) in [6, 6.07) is 8.82. The third-order valence-corrected chi connectivity index (χ3v) is 2.43. The molecule has 18 heavy (non-hydrogen) atoms. The number of carbonyl (C=O) groups is 1. The summed E-state index contributed by atoms with van der Waals surface area (Å²) in [6.07, 6.45) is 2.98. The van der Waals surface area contributed by atoms with Crippen LogP contribution < -0.4 is 5.73 Å². The molecule has 0 atom stereocenters. The summed E-state index contributed by atoms with van der Waals surface area (Å²) in [7, 11) is 0. The van der Waals surface area contributed by atoms with Crippen LogP contribution in [0.25, 0.3) is 0 Å². The van der Waals surface area contributed by atoms with Crippen LogP contribution >= 0.6 is 11.6 Å². The molecule has 0 saturated carbocycles. The van der Waals surface area contributed by atoms with Crippen molar-refractivity contribution >= 4 is 17.5 Å². The van der Waals surface area contributed by atoms with Gasteiger partial charge < -0.3 is 5.73 Å². The summed E-state index contributed by atoms with van der Waals surface area (Å²) >= 11 is 5.85. The van der Waals surface area contributed by atoms with E-state index in [2.05, 4.69) is 16.8 Å². The van der Waals surface area contributed by atoms with Crippen LogP contribution in [0, 0.1) is 11.8 Å². The van der Waals surface area contributed by atoms with Crippen LogP contribution in [0.5, 0.6) is 0 Å². The van der Waals surface area contributed by atoms with Crippen molar-refractivity contribution in [2.24, 2.45) is 5.73 Å². The number of halogens is 1. The number of benzene rings is 1. The van der Waals surface area contributed by atoms with Crippen LogP contribution in [0.1, 0.15) is 21.5 Å². The van der Waals surface area contributed by atoms with Crippen molar-refractivity contribution in [3.63, 3.8) is 0 Å². The quantitative estimate of drug-likeness (QED) is 0.796. The van der Waals surface area contributed by atoms with Crippen molar-refractivity contribution in [2.45, 2.75) is 0 Å². The number of pyridine rings is 1. The summed E-state index contributed by atoms with van der Waals surface area (Å²) in [6.45, 7) is 0. The molecule has 3 nitrogen and oxygen atoms in total. The Morgan fingerprint density at radius 1 is 1.17 bits per heavy atom. The molecule has 0 fully saturated rings. The molecule has 0 saturated heterocycles.